The summed E-state index contributed by atoms with van der Waals surface area (Å²) < 4.78 is 23.5. The summed E-state index contributed by atoms with van der Waals surface area (Å²) in [6, 6.07) is 11.4. The van der Waals surface area contributed by atoms with E-state index in [0.29, 0.717) is 31.4 Å². The zero-order valence-electron chi connectivity index (χ0n) is 20.1. The Bertz CT molecular complexity index is 1320. The van der Waals surface area contributed by atoms with Gasteiger partial charge in [0.25, 0.3) is 5.91 Å². The fourth-order valence-electron chi connectivity index (χ4n) is 4.44. The van der Waals surface area contributed by atoms with E-state index in [9.17, 15) is 18.8 Å². The van der Waals surface area contributed by atoms with E-state index in [0.717, 1.165) is 11.6 Å². The SMILES string of the molecule is CC(C)(C)OC(=O)N1CCC(n2c(=O)n(Cc3ccc(C(=O)NN)cc3F)c3ccccc32)CC1. The molecule has 1 fully saturated rings. The summed E-state index contributed by atoms with van der Waals surface area (Å²) in [6.07, 6.45) is 0.849. The van der Waals surface area contributed by atoms with Crippen molar-refractivity contribution in [2.75, 3.05) is 13.1 Å². The first-order valence-electron chi connectivity index (χ1n) is 11.6. The van der Waals surface area contributed by atoms with Crippen LogP contribution in [0.3, 0.4) is 0 Å². The number of halogens is 1. The van der Waals surface area contributed by atoms with Gasteiger partial charge in [-0.2, -0.15) is 0 Å². The number of carbonyl (C=O) groups is 2. The van der Waals surface area contributed by atoms with Gasteiger partial charge >= 0.3 is 11.8 Å². The number of nitrogen functional groups attached to an aromatic ring is 1. The number of para-hydroxylation sites is 2. The first kappa shape index (κ1) is 24.5. The minimum Gasteiger partial charge on any atom is -0.444 e. The molecule has 10 heteroatoms. The van der Waals surface area contributed by atoms with Gasteiger partial charge in [0, 0.05) is 30.3 Å². The van der Waals surface area contributed by atoms with Gasteiger partial charge in [0.2, 0.25) is 0 Å². The predicted molar refractivity (Wildman–Crippen MR) is 129 cm³/mol. The molecule has 3 aromatic rings. The Kier molecular flexibility index (Phi) is 6.66. The van der Waals surface area contributed by atoms with Crippen LogP contribution in [0.15, 0.2) is 47.3 Å². The van der Waals surface area contributed by atoms with Gasteiger partial charge in [-0.05, 0) is 57.9 Å². The molecule has 1 saturated heterocycles. The molecular weight excluding hydrogens is 453 g/mol. The Labute approximate surface area is 202 Å². The number of hydrogen-bond acceptors (Lipinski definition) is 5. The molecular formula is C25H30FN5O4. The molecule has 0 atom stereocenters. The number of imidazole rings is 1. The standard InChI is InChI=1S/C25H30FN5O4/c1-25(2,3)35-24(34)29-12-10-18(11-13-29)31-21-7-5-4-6-20(21)30(23(31)33)15-17-9-8-16(14-19(17)26)22(32)28-27/h4-9,14,18H,10-13,15,27H2,1-3H3,(H,28,32). The Hall–Kier alpha value is -3.66. The van der Waals surface area contributed by atoms with Crippen molar-refractivity contribution in [2.45, 2.75) is 51.8 Å². The quantitative estimate of drug-likeness (QED) is 0.336. The summed E-state index contributed by atoms with van der Waals surface area (Å²) in [5.74, 6) is 3.93. The van der Waals surface area contributed by atoms with E-state index in [4.69, 9.17) is 10.6 Å². The number of hydrazine groups is 1. The number of likely N-dealkylation sites (tertiary alicyclic amines) is 1. The minimum absolute atomic E-state index is 0.0134. The van der Waals surface area contributed by atoms with Gasteiger partial charge in [-0.1, -0.05) is 18.2 Å². The number of carbonyl (C=O) groups excluding carboxylic acids is 2. The lowest BCUT2D eigenvalue weighted by molar-refractivity contribution is 0.0188. The lowest BCUT2D eigenvalue weighted by Crippen LogP contribution is -2.43. The molecule has 2 aromatic carbocycles. The Morgan fingerprint density at radius 3 is 2.37 bits per heavy atom. The number of hydrogen-bond donors (Lipinski definition) is 2. The number of nitrogens with zero attached hydrogens (tertiary/aromatic N) is 3. The summed E-state index contributed by atoms with van der Waals surface area (Å²) >= 11 is 0. The normalized spacial score (nSPS) is 14.8. The van der Waals surface area contributed by atoms with E-state index in [1.54, 1.807) is 9.47 Å². The third-order valence-corrected chi connectivity index (χ3v) is 6.13. The molecule has 0 aliphatic carbocycles. The van der Waals surface area contributed by atoms with Crippen LogP contribution in [0.2, 0.25) is 0 Å². The van der Waals surface area contributed by atoms with E-state index in [1.165, 1.54) is 16.7 Å². The van der Waals surface area contributed by atoms with E-state index >= 15 is 0 Å². The number of aromatic nitrogens is 2. The molecule has 0 radical (unpaired) electrons. The van der Waals surface area contributed by atoms with Gasteiger partial charge < -0.3 is 9.64 Å². The van der Waals surface area contributed by atoms with Crippen LogP contribution < -0.4 is 17.0 Å². The fraction of sp³-hybridized carbons (Fsp3) is 0.400. The molecule has 3 N–H and O–H groups in total. The number of ether oxygens (including phenoxy) is 1. The highest BCUT2D eigenvalue weighted by Crippen LogP contribution is 2.27. The van der Waals surface area contributed by atoms with Crippen molar-refractivity contribution in [3.63, 3.8) is 0 Å². The molecule has 2 amide bonds. The summed E-state index contributed by atoms with van der Waals surface area (Å²) in [5.41, 5.74) is 2.99. The van der Waals surface area contributed by atoms with E-state index < -0.39 is 17.3 Å². The second-order valence-electron chi connectivity index (χ2n) is 9.71. The highest BCUT2D eigenvalue weighted by molar-refractivity contribution is 5.93. The lowest BCUT2D eigenvalue weighted by atomic mass is 10.0. The Balaban J connectivity index is 1.61. The maximum Gasteiger partial charge on any atom is 0.410 e. The van der Waals surface area contributed by atoms with Crippen LogP contribution in [-0.4, -0.2) is 44.7 Å². The van der Waals surface area contributed by atoms with Crippen molar-refractivity contribution >= 4 is 23.0 Å². The van der Waals surface area contributed by atoms with Crippen molar-refractivity contribution in [2.24, 2.45) is 5.84 Å². The highest BCUT2D eigenvalue weighted by atomic mass is 19.1. The minimum atomic E-state index is -0.597. The van der Waals surface area contributed by atoms with Crippen LogP contribution >= 0.6 is 0 Å². The average molecular weight is 484 g/mol. The van der Waals surface area contributed by atoms with E-state index in [1.807, 2.05) is 50.5 Å². The third-order valence-electron chi connectivity index (χ3n) is 6.13. The number of piperidine rings is 1. The Morgan fingerprint density at radius 2 is 1.77 bits per heavy atom. The number of fused-ring (bicyclic) bond motifs is 1. The zero-order chi connectivity index (χ0) is 25.3. The Morgan fingerprint density at radius 1 is 1.11 bits per heavy atom. The van der Waals surface area contributed by atoms with E-state index in [-0.39, 0.29) is 35.5 Å². The van der Waals surface area contributed by atoms with Crippen LogP contribution in [0.1, 0.15) is 55.6 Å². The molecule has 4 rings (SSSR count). The van der Waals surface area contributed by atoms with Crippen LogP contribution in [0.5, 0.6) is 0 Å². The smallest absolute Gasteiger partial charge is 0.410 e. The van der Waals surface area contributed by atoms with Gasteiger partial charge in [-0.3, -0.25) is 19.4 Å². The van der Waals surface area contributed by atoms with Gasteiger partial charge in [-0.15, -0.1) is 0 Å². The molecule has 0 spiro atoms. The number of benzene rings is 2. The van der Waals surface area contributed by atoms with Crippen molar-refractivity contribution in [3.8, 4) is 0 Å². The largest absolute Gasteiger partial charge is 0.444 e. The molecule has 0 saturated carbocycles. The van der Waals surface area contributed by atoms with E-state index in [2.05, 4.69) is 0 Å². The molecule has 2 heterocycles. The predicted octanol–water partition coefficient (Wildman–Crippen LogP) is 3.17. The molecule has 9 nitrogen and oxygen atoms in total. The number of nitrogens with one attached hydrogen (secondary N) is 1. The van der Waals surface area contributed by atoms with Crippen LogP contribution in [-0.2, 0) is 11.3 Å². The van der Waals surface area contributed by atoms with Crippen LogP contribution in [0, 0.1) is 5.82 Å². The third kappa shape index (κ3) is 5.07. The molecule has 1 aromatic heterocycles. The first-order chi connectivity index (χ1) is 16.6. The van der Waals surface area contributed by atoms with Gasteiger partial charge in [0.05, 0.1) is 17.6 Å². The lowest BCUT2D eigenvalue weighted by Gasteiger charge is -2.33. The zero-order valence-corrected chi connectivity index (χ0v) is 20.1. The number of rotatable bonds is 4. The van der Waals surface area contributed by atoms with Crippen molar-refractivity contribution in [1.29, 1.82) is 0 Å². The summed E-state index contributed by atoms with van der Waals surface area (Å²) in [4.78, 5) is 39.3. The van der Waals surface area contributed by atoms with Crippen molar-refractivity contribution in [1.82, 2.24) is 19.5 Å². The summed E-state index contributed by atoms with van der Waals surface area (Å²) in [6.45, 7) is 6.45. The summed E-state index contributed by atoms with van der Waals surface area (Å²) in [5, 5.41) is 0. The maximum absolute atomic E-state index is 14.8. The molecule has 1 aliphatic rings. The van der Waals surface area contributed by atoms with Crippen molar-refractivity contribution in [3.05, 3.63) is 69.9 Å². The second-order valence-corrected chi connectivity index (χ2v) is 9.71. The van der Waals surface area contributed by atoms with Crippen LogP contribution in [0.25, 0.3) is 11.0 Å². The molecule has 0 unspecified atom stereocenters. The molecule has 186 valence electrons. The average Bonchev–Trinajstić information content (AvgIpc) is 3.10. The van der Waals surface area contributed by atoms with Crippen molar-refractivity contribution < 1.29 is 18.7 Å². The van der Waals surface area contributed by atoms with Gasteiger partial charge in [0.15, 0.2) is 0 Å². The second kappa shape index (κ2) is 9.53. The van der Waals surface area contributed by atoms with Gasteiger partial charge in [-0.25, -0.2) is 19.8 Å². The molecule has 0 bridgehead atoms. The topological polar surface area (TPSA) is 112 Å². The molecule has 35 heavy (non-hydrogen) atoms. The fourth-order valence-corrected chi connectivity index (χ4v) is 4.44. The van der Waals surface area contributed by atoms with Gasteiger partial charge in [0.1, 0.15) is 11.4 Å². The van der Waals surface area contributed by atoms with Crippen LogP contribution in [0.4, 0.5) is 9.18 Å². The molecule has 1 aliphatic heterocycles. The monoisotopic (exact) mass is 483 g/mol. The maximum atomic E-state index is 14.8. The highest BCUT2D eigenvalue weighted by Gasteiger charge is 2.29. The number of amides is 2. The number of nitrogens with two attached hydrogens (primary N) is 1. The first-order valence-corrected chi connectivity index (χ1v) is 11.6. The summed E-state index contributed by atoms with van der Waals surface area (Å²) in [7, 11) is 0.